The first-order valence-corrected chi connectivity index (χ1v) is 9.63. The van der Waals surface area contributed by atoms with Crippen LogP contribution in [0, 0.1) is 5.41 Å². The van der Waals surface area contributed by atoms with Gasteiger partial charge in [0, 0.05) is 30.1 Å². The van der Waals surface area contributed by atoms with Crippen molar-refractivity contribution in [1.82, 2.24) is 9.80 Å². The topological polar surface area (TPSA) is 15.7 Å². The predicted octanol–water partition coefficient (Wildman–Crippen LogP) is 3.78. The molecule has 130 valence electrons. The molecule has 3 heteroatoms. The summed E-state index contributed by atoms with van der Waals surface area (Å²) in [6.45, 7) is 13.1. The van der Waals surface area contributed by atoms with E-state index in [1.807, 2.05) is 13.8 Å². The van der Waals surface area contributed by atoms with Gasteiger partial charge in [-0.25, -0.2) is 0 Å². The van der Waals surface area contributed by atoms with Gasteiger partial charge in [0.2, 0.25) is 0 Å². The molecule has 4 aliphatic heterocycles. The molecule has 4 fully saturated rings. The molecule has 2 unspecified atom stereocenters. The Bertz CT molecular complexity index is 311. The third kappa shape index (κ3) is 4.04. The Labute approximate surface area is 138 Å². The number of hydrogen-bond donors (Lipinski definition) is 0. The van der Waals surface area contributed by atoms with Gasteiger partial charge in [0.1, 0.15) is 0 Å². The lowest BCUT2D eigenvalue weighted by atomic mass is 9.85. The summed E-state index contributed by atoms with van der Waals surface area (Å²) in [6.07, 6.45) is 8.72. The smallest absolute Gasteiger partial charge is 0.0557 e. The van der Waals surface area contributed by atoms with Crippen LogP contribution in [0.4, 0.5) is 0 Å². The highest BCUT2D eigenvalue weighted by Crippen LogP contribution is 2.38. The molecule has 0 amide bonds. The molecule has 0 saturated carbocycles. The Morgan fingerprint density at radius 2 is 1.59 bits per heavy atom. The van der Waals surface area contributed by atoms with Gasteiger partial charge >= 0.3 is 0 Å². The van der Waals surface area contributed by atoms with Crippen LogP contribution in [0.3, 0.4) is 0 Å². The highest BCUT2D eigenvalue weighted by molar-refractivity contribution is 4.95. The van der Waals surface area contributed by atoms with Crippen molar-refractivity contribution in [2.24, 2.45) is 5.41 Å². The SMILES string of the molecule is CC.CC(C)N1CCC2(COC2)C1.CN1C2CCCC1CC2. The van der Waals surface area contributed by atoms with Crippen LogP contribution in [0.15, 0.2) is 0 Å². The van der Waals surface area contributed by atoms with Crippen LogP contribution in [0.1, 0.15) is 66.2 Å². The molecule has 4 saturated heterocycles. The minimum atomic E-state index is 0.574. The van der Waals surface area contributed by atoms with Gasteiger partial charge in [-0.15, -0.1) is 0 Å². The van der Waals surface area contributed by atoms with E-state index in [-0.39, 0.29) is 0 Å². The molecule has 4 rings (SSSR count). The fraction of sp³-hybridized carbons (Fsp3) is 1.00. The van der Waals surface area contributed by atoms with Crippen molar-refractivity contribution in [2.75, 3.05) is 33.4 Å². The first kappa shape index (κ1) is 18.2. The largest absolute Gasteiger partial charge is 0.380 e. The van der Waals surface area contributed by atoms with Crippen LogP contribution in [-0.2, 0) is 4.74 Å². The van der Waals surface area contributed by atoms with Crippen LogP contribution in [0.2, 0.25) is 0 Å². The Balaban J connectivity index is 0.000000146. The minimum absolute atomic E-state index is 0.574. The van der Waals surface area contributed by atoms with Crippen LogP contribution >= 0.6 is 0 Å². The highest BCUT2D eigenvalue weighted by Gasteiger charge is 2.44. The second kappa shape index (κ2) is 8.12. The molecule has 0 aliphatic carbocycles. The zero-order chi connectivity index (χ0) is 16.2. The van der Waals surface area contributed by atoms with Gasteiger partial charge < -0.3 is 14.5 Å². The van der Waals surface area contributed by atoms with Crippen LogP contribution in [0.5, 0.6) is 0 Å². The number of rotatable bonds is 1. The fourth-order valence-corrected chi connectivity index (χ4v) is 4.41. The average Bonchev–Trinajstić information content (AvgIpc) is 3.00. The van der Waals surface area contributed by atoms with E-state index < -0.39 is 0 Å². The number of piperidine rings is 1. The summed E-state index contributed by atoms with van der Waals surface area (Å²) in [6, 6.07) is 2.64. The van der Waals surface area contributed by atoms with Crippen molar-refractivity contribution in [2.45, 2.75) is 84.3 Å². The fourth-order valence-electron chi connectivity index (χ4n) is 4.41. The molecule has 1 spiro atoms. The van der Waals surface area contributed by atoms with E-state index in [0.29, 0.717) is 5.41 Å². The number of likely N-dealkylation sites (tertiary alicyclic amines) is 1. The molecule has 0 aromatic carbocycles. The quantitative estimate of drug-likeness (QED) is 0.733. The lowest BCUT2D eigenvalue weighted by Gasteiger charge is -2.38. The summed E-state index contributed by atoms with van der Waals surface area (Å²) in [4.78, 5) is 5.14. The molecule has 2 bridgehead atoms. The maximum absolute atomic E-state index is 5.26. The van der Waals surface area contributed by atoms with E-state index in [4.69, 9.17) is 4.74 Å². The summed E-state index contributed by atoms with van der Waals surface area (Å²) < 4.78 is 5.26. The maximum atomic E-state index is 5.26. The molecule has 0 aromatic rings. The summed E-state index contributed by atoms with van der Waals surface area (Å²) in [5, 5.41) is 0. The zero-order valence-electron chi connectivity index (χ0n) is 15.6. The molecule has 3 nitrogen and oxygen atoms in total. The van der Waals surface area contributed by atoms with Crippen molar-refractivity contribution in [3.63, 3.8) is 0 Å². The van der Waals surface area contributed by atoms with E-state index in [9.17, 15) is 0 Å². The lowest BCUT2D eigenvalue weighted by molar-refractivity contribution is -0.105. The molecule has 4 aliphatic rings. The van der Waals surface area contributed by atoms with Gasteiger partial charge in [-0.3, -0.25) is 0 Å². The third-order valence-electron chi connectivity index (χ3n) is 6.07. The third-order valence-corrected chi connectivity index (χ3v) is 6.07. The van der Waals surface area contributed by atoms with Crippen molar-refractivity contribution < 1.29 is 4.74 Å². The van der Waals surface area contributed by atoms with Gasteiger partial charge in [-0.2, -0.15) is 0 Å². The molecule has 0 aromatic heterocycles. The number of nitrogens with zero attached hydrogens (tertiary/aromatic N) is 2. The maximum Gasteiger partial charge on any atom is 0.0557 e. The lowest BCUT2D eigenvalue weighted by Crippen LogP contribution is -2.45. The monoisotopic (exact) mass is 310 g/mol. The van der Waals surface area contributed by atoms with E-state index >= 15 is 0 Å². The van der Waals surface area contributed by atoms with E-state index in [1.54, 1.807) is 0 Å². The first-order valence-electron chi connectivity index (χ1n) is 9.63. The second-order valence-corrected chi connectivity index (χ2v) is 7.79. The van der Waals surface area contributed by atoms with Gasteiger partial charge in [0.15, 0.2) is 0 Å². The zero-order valence-corrected chi connectivity index (χ0v) is 15.6. The van der Waals surface area contributed by atoms with E-state index in [1.165, 1.54) is 51.6 Å². The Hall–Kier alpha value is -0.120. The molecular formula is C19H38N2O. The van der Waals surface area contributed by atoms with E-state index in [0.717, 1.165) is 31.3 Å². The molecule has 0 N–H and O–H groups in total. The normalized spacial score (nSPS) is 33.0. The second-order valence-electron chi connectivity index (χ2n) is 7.79. The summed E-state index contributed by atoms with van der Waals surface area (Å²) >= 11 is 0. The van der Waals surface area contributed by atoms with Gasteiger partial charge in [-0.1, -0.05) is 20.3 Å². The Morgan fingerprint density at radius 3 is 1.91 bits per heavy atom. The highest BCUT2D eigenvalue weighted by atomic mass is 16.5. The van der Waals surface area contributed by atoms with Gasteiger partial charge in [-0.05, 0) is 59.5 Å². The molecule has 0 radical (unpaired) electrons. The predicted molar refractivity (Wildman–Crippen MR) is 94.4 cm³/mol. The minimum Gasteiger partial charge on any atom is -0.380 e. The summed E-state index contributed by atoms with van der Waals surface area (Å²) in [5.41, 5.74) is 0.574. The Kier molecular flexibility index (Phi) is 6.73. The van der Waals surface area contributed by atoms with Gasteiger partial charge in [0.25, 0.3) is 0 Å². The van der Waals surface area contributed by atoms with Crippen LogP contribution in [0.25, 0.3) is 0 Å². The molecule has 2 atom stereocenters. The van der Waals surface area contributed by atoms with Crippen molar-refractivity contribution in [3.8, 4) is 0 Å². The molecular weight excluding hydrogens is 272 g/mol. The van der Waals surface area contributed by atoms with E-state index in [2.05, 4.69) is 30.7 Å². The molecule has 22 heavy (non-hydrogen) atoms. The Morgan fingerprint density at radius 1 is 1.00 bits per heavy atom. The average molecular weight is 311 g/mol. The number of ether oxygens (including phenoxy) is 1. The van der Waals surface area contributed by atoms with Gasteiger partial charge in [0.05, 0.1) is 13.2 Å². The van der Waals surface area contributed by atoms with Crippen LogP contribution in [-0.4, -0.2) is 61.3 Å². The summed E-state index contributed by atoms with van der Waals surface area (Å²) in [7, 11) is 2.29. The number of hydrogen-bond acceptors (Lipinski definition) is 3. The molecule has 4 heterocycles. The van der Waals surface area contributed by atoms with Crippen molar-refractivity contribution in [3.05, 3.63) is 0 Å². The standard InChI is InChI=1S/C9H17NO.C8H15N.C2H6/c1-8(2)10-4-3-9(5-10)6-11-7-9;1-9-7-3-2-4-8(9)6-5-7;1-2/h8H,3-7H2,1-2H3;7-8H,2-6H2,1H3;1-2H3. The van der Waals surface area contributed by atoms with Crippen molar-refractivity contribution >= 4 is 0 Å². The van der Waals surface area contributed by atoms with Crippen molar-refractivity contribution in [1.29, 1.82) is 0 Å². The van der Waals surface area contributed by atoms with Crippen LogP contribution < -0.4 is 0 Å². The first-order chi connectivity index (χ1) is 10.6. The number of fused-ring (bicyclic) bond motifs is 2. The summed E-state index contributed by atoms with van der Waals surface area (Å²) in [5.74, 6) is 0.